The molecule has 1 heterocycles. The van der Waals surface area contributed by atoms with Gasteiger partial charge in [0, 0.05) is 0 Å². The molecular formula is C9H6F3N3O. The van der Waals surface area contributed by atoms with Crippen molar-refractivity contribution in [2.45, 2.75) is 6.36 Å². The Bertz CT molecular complexity index is 450. The van der Waals surface area contributed by atoms with Crippen LogP contribution in [0.5, 0.6) is 5.75 Å². The number of halogens is 3. The lowest BCUT2D eigenvalue weighted by atomic mass is 10.3. The van der Waals surface area contributed by atoms with Crippen LogP contribution in [0.4, 0.5) is 13.2 Å². The Morgan fingerprint density at radius 2 is 1.81 bits per heavy atom. The zero-order valence-electron chi connectivity index (χ0n) is 7.85. The predicted octanol–water partition coefficient (Wildman–Crippen LogP) is 2.17. The number of benzene rings is 1. The summed E-state index contributed by atoms with van der Waals surface area (Å²) in [4.78, 5) is 3.72. The molecule has 0 aliphatic carbocycles. The Hall–Kier alpha value is -2.05. The molecule has 0 aliphatic rings. The van der Waals surface area contributed by atoms with E-state index in [1.807, 2.05) is 0 Å². The van der Waals surface area contributed by atoms with Crippen LogP contribution in [0.1, 0.15) is 0 Å². The fourth-order valence-electron chi connectivity index (χ4n) is 1.14. The van der Waals surface area contributed by atoms with Gasteiger partial charge in [0.1, 0.15) is 18.4 Å². The number of alkyl halides is 3. The van der Waals surface area contributed by atoms with Gasteiger partial charge in [-0.25, -0.2) is 9.67 Å². The second-order valence-corrected chi connectivity index (χ2v) is 2.88. The molecule has 7 heteroatoms. The van der Waals surface area contributed by atoms with Crippen LogP contribution in [-0.4, -0.2) is 21.1 Å². The normalized spacial score (nSPS) is 11.4. The molecule has 16 heavy (non-hydrogen) atoms. The van der Waals surface area contributed by atoms with E-state index in [9.17, 15) is 13.2 Å². The quantitative estimate of drug-likeness (QED) is 0.792. The molecule has 0 fully saturated rings. The van der Waals surface area contributed by atoms with Gasteiger partial charge in [-0.1, -0.05) is 0 Å². The molecule has 4 nitrogen and oxygen atoms in total. The van der Waals surface area contributed by atoms with E-state index in [0.29, 0.717) is 5.69 Å². The average molecular weight is 229 g/mol. The van der Waals surface area contributed by atoms with Crippen LogP contribution in [0.2, 0.25) is 0 Å². The maximum atomic E-state index is 11.9. The summed E-state index contributed by atoms with van der Waals surface area (Å²) in [7, 11) is 0. The highest BCUT2D eigenvalue weighted by Gasteiger charge is 2.30. The van der Waals surface area contributed by atoms with E-state index in [4.69, 9.17) is 0 Å². The third-order valence-corrected chi connectivity index (χ3v) is 1.75. The van der Waals surface area contributed by atoms with E-state index in [1.54, 1.807) is 0 Å². The first-order chi connectivity index (χ1) is 7.54. The highest BCUT2D eigenvalue weighted by molar-refractivity contribution is 5.36. The Balaban J connectivity index is 2.17. The summed E-state index contributed by atoms with van der Waals surface area (Å²) in [5.41, 5.74) is 0.604. The minimum atomic E-state index is -4.67. The van der Waals surface area contributed by atoms with Gasteiger partial charge in [-0.05, 0) is 24.3 Å². The number of rotatable bonds is 2. The monoisotopic (exact) mass is 229 g/mol. The largest absolute Gasteiger partial charge is 0.573 e. The lowest BCUT2D eigenvalue weighted by Crippen LogP contribution is -2.17. The van der Waals surface area contributed by atoms with Crippen molar-refractivity contribution in [2.75, 3.05) is 0 Å². The Morgan fingerprint density at radius 3 is 2.31 bits per heavy atom. The molecule has 0 unspecified atom stereocenters. The molecule has 0 radical (unpaired) electrons. The summed E-state index contributed by atoms with van der Waals surface area (Å²) in [6.45, 7) is 0. The van der Waals surface area contributed by atoms with Crippen molar-refractivity contribution in [1.29, 1.82) is 0 Å². The van der Waals surface area contributed by atoms with E-state index in [0.717, 1.165) is 0 Å². The summed E-state index contributed by atoms with van der Waals surface area (Å²) >= 11 is 0. The minimum Gasteiger partial charge on any atom is -0.406 e. The molecule has 84 valence electrons. The Labute approximate surface area is 88.3 Å². The van der Waals surface area contributed by atoms with Crippen molar-refractivity contribution in [3.05, 3.63) is 36.9 Å². The van der Waals surface area contributed by atoms with Crippen LogP contribution in [-0.2, 0) is 0 Å². The smallest absolute Gasteiger partial charge is 0.406 e. The molecule has 1 aromatic heterocycles. The van der Waals surface area contributed by atoms with Crippen molar-refractivity contribution >= 4 is 0 Å². The SMILES string of the molecule is FC(F)(F)Oc1ccc(-n2cncn2)cc1. The lowest BCUT2D eigenvalue weighted by molar-refractivity contribution is -0.274. The number of hydrogen-bond donors (Lipinski definition) is 0. The van der Waals surface area contributed by atoms with Crippen LogP contribution in [0, 0.1) is 0 Å². The standard InChI is InChI=1S/C9H6F3N3O/c10-9(11,12)16-8-3-1-7(2-4-8)15-6-13-5-14-15/h1-6H. The van der Waals surface area contributed by atoms with E-state index < -0.39 is 6.36 Å². The van der Waals surface area contributed by atoms with Gasteiger partial charge in [-0.3, -0.25) is 0 Å². The number of nitrogens with zero attached hydrogens (tertiary/aromatic N) is 3. The molecule has 1 aromatic carbocycles. The summed E-state index contributed by atoms with van der Waals surface area (Å²) in [5, 5.41) is 3.83. The maximum absolute atomic E-state index is 11.9. The molecule has 0 saturated heterocycles. The first-order valence-corrected chi connectivity index (χ1v) is 4.25. The van der Waals surface area contributed by atoms with E-state index in [1.165, 1.54) is 41.6 Å². The Morgan fingerprint density at radius 1 is 1.12 bits per heavy atom. The van der Waals surface area contributed by atoms with Crippen molar-refractivity contribution in [1.82, 2.24) is 14.8 Å². The second kappa shape index (κ2) is 3.84. The first kappa shape index (κ1) is 10.5. The molecule has 0 amide bonds. The van der Waals surface area contributed by atoms with E-state index in [-0.39, 0.29) is 5.75 Å². The topological polar surface area (TPSA) is 39.9 Å². The summed E-state index contributed by atoms with van der Waals surface area (Å²) in [6, 6.07) is 5.33. The van der Waals surface area contributed by atoms with Gasteiger partial charge >= 0.3 is 6.36 Å². The zero-order chi connectivity index (χ0) is 11.6. The summed E-state index contributed by atoms with van der Waals surface area (Å²) in [6.07, 6.45) is -1.89. The van der Waals surface area contributed by atoms with Crippen LogP contribution >= 0.6 is 0 Å². The minimum absolute atomic E-state index is 0.267. The predicted molar refractivity (Wildman–Crippen MR) is 48.0 cm³/mol. The van der Waals surface area contributed by atoms with E-state index in [2.05, 4.69) is 14.8 Å². The van der Waals surface area contributed by atoms with Gasteiger partial charge in [-0.2, -0.15) is 5.10 Å². The first-order valence-electron chi connectivity index (χ1n) is 4.25. The number of aromatic nitrogens is 3. The van der Waals surface area contributed by atoms with Crippen LogP contribution in [0.25, 0.3) is 5.69 Å². The molecule has 2 aromatic rings. The van der Waals surface area contributed by atoms with Gasteiger partial charge < -0.3 is 4.74 Å². The van der Waals surface area contributed by atoms with Crippen molar-refractivity contribution in [3.8, 4) is 11.4 Å². The fourth-order valence-corrected chi connectivity index (χ4v) is 1.14. The average Bonchev–Trinajstić information content (AvgIpc) is 2.69. The molecule has 0 saturated carbocycles. The zero-order valence-corrected chi connectivity index (χ0v) is 7.85. The molecule has 0 bridgehead atoms. The van der Waals surface area contributed by atoms with Crippen LogP contribution in [0.15, 0.2) is 36.9 Å². The lowest BCUT2D eigenvalue weighted by Gasteiger charge is -2.08. The summed E-state index contributed by atoms with van der Waals surface area (Å²) < 4.78 is 40.8. The van der Waals surface area contributed by atoms with Crippen LogP contribution in [0.3, 0.4) is 0 Å². The van der Waals surface area contributed by atoms with Crippen molar-refractivity contribution in [3.63, 3.8) is 0 Å². The summed E-state index contributed by atoms with van der Waals surface area (Å²) in [5.74, 6) is -0.267. The van der Waals surface area contributed by atoms with Gasteiger partial charge in [0.15, 0.2) is 0 Å². The van der Waals surface area contributed by atoms with Gasteiger partial charge in [-0.15, -0.1) is 13.2 Å². The third-order valence-electron chi connectivity index (χ3n) is 1.75. The maximum Gasteiger partial charge on any atom is 0.573 e. The molecule has 0 spiro atoms. The fraction of sp³-hybridized carbons (Fsp3) is 0.111. The highest BCUT2D eigenvalue weighted by atomic mass is 19.4. The Kier molecular flexibility index (Phi) is 2.51. The highest BCUT2D eigenvalue weighted by Crippen LogP contribution is 2.23. The number of ether oxygens (including phenoxy) is 1. The van der Waals surface area contributed by atoms with Crippen molar-refractivity contribution < 1.29 is 17.9 Å². The molecule has 0 atom stereocenters. The number of hydrogen-bond acceptors (Lipinski definition) is 3. The van der Waals surface area contributed by atoms with Crippen LogP contribution < -0.4 is 4.74 Å². The van der Waals surface area contributed by atoms with Gasteiger partial charge in [0.25, 0.3) is 0 Å². The third kappa shape index (κ3) is 2.50. The molecule has 0 aliphatic heterocycles. The molecule has 2 rings (SSSR count). The van der Waals surface area contributed by atoms with Gasteiger partial charge in [0.2, 0.25) is 0 Å². The molecule has 0 N–H and O–H groups in total. The van der Waals surface area contributed by atoms with E-state index >= 15 is 0 Å². The second-order valence-electron chi connectivity index (χ2n) is 2.88. The molecular weight excluding hydrogens is 223 g/mol. The van der Waals surface area contributed by atoms with Crippen molar-refractivity contribution in [2.24, 2.45) is 0 Å². The van der Waals surface area contributed by atoms with Gasteiger partial charge in [0.05, 0.1) is 5.69 Å².